The number of imidazole rings is 1. The lowest BCUT2D eigenvalue weighted by atomic mass is 9.79. The fourth-order valence-electron chi connectivity index (χ4n) is 3.81. The molecule has 0 atom stereocenters. The molecule has 0 aliphatic carbocycles. The Morgan fingerprint density at radius 1 is 1.29 bits per heavy atom. The summed E-state index contributed by atoms with van der Waals surface area (Å²) < 4.78 is 4.02. The van der Waals surface area contributed by atoms with E-state index in [1.807, 2.05) is 51.0 Å². The van der Waals surface area contributed by atoms with Gasteiger partial charge >= 0.3 is 0 Å². The van der Waals surface area contributed by atoms with Crippen molar-refractivity contribution in [1.82, 2.24) is 14.9 Å². The highest BCUT2D eigenvalue weighted by molar-refractivity contribution is 5.74. The molecule has 0 spiro atoms. The van der Waals surface area contributed by atoms with Crippen LogP contribution in [0.4, 0.5) is 0 Å². The van der Waals surface area contributed by atoms with Gasteiger partial charge in [0.05, 0.1) is 6.54 Å². The maximum absolute atomic E-state index is 12.4. The zero-order valence-electron chi connectivity index (χ0n) is 15.7. The molecule has 0 radical (unpaired) electrons. The third-order valence-corrected chi connectivity index (χ3v) is 4.80. The van der Waals surface area contributed by atoms with Gasteiger partial charge in [0.2, 0.25) is 6.33 Å². The van der Waals surface area contributed by atoms with Crippen LogP contribution < -0.4 is 9.88 Å². The monoisotopic (exact) mass is 336 g/mol. The maximum Gasteiger partial charge on any atom is 0.262 e. The summed E-state index contributed by atoms with van der Waals surface area (Å²) in [5, 5.41) is 16.7. The highest BCUT2D eigenvalue weighted by Gasteiger charge is 2.40. The van der Waals surface area contributed by atoms with Crippen LogP contribution in [0.15, 0.2) is 18.7 Å². The second kappa shape index (κ2) is 7.23. The SMILES string of the molecule is CCCCn1cc[n+](CC(=O)NC2CC(C)(C)N([O-])C(C)(C)C2)c1. The summed E-state index contributed by atoms with van der Waals surface area (Å²) in [6.07, 6.45) is 9.56. The normalized spacial score (nSPS) is 20.9. The Hall–Kier alpha value is -1.40. The third kappa shape index (κ3) is 4.57. The van der Waals surface area contributed by atoms with E-state index >= 15 is 0 Å². The Morgan fingerprint density at radius 3 is 2.50 bits per heavy atom. The van der Waals surface area contributed by atoms with Gasteiger partial charge in [0.15, 0.2) is 6.54 Å². The van der Waals surface area contributed by atoms with Gasteiger partial charge in [-0.25, -0.2) is 9.13 Å². The van der Waals surface area contributed by atoms with Crippen molar-refractivity contribution in [1.29, 1.82) is 0 Å². The van der Waals surface area contributed by atoms with Gasteiger partial charge in [-0.3, -0.25) is 4.79 Å². The van der Waals surface area contributed by atoms with E-state index in [1.54, 1.807) is 0 Å². The molecule has 1 aliphatic heterocycles. The van der Waals surface area contributed by atoms with Crippen molar-refractivity contribution in [2.75, 3.05) is 0 Å². The largest absolute Gasteiger partial charge is 0.784 e. The fourth-order valence-corrected chi connectivity index (χ4v) is 3.81. The number of nitrogens with one attached hydrogen (secondary N) is 1. The minimum absolute atomic E-state index is 0.00388. The van der Waals surface area contributed by atoms with Crippen LogP contribution in [0.3, 0.4) is 0 Å². The molecular formula is C18H32N4O2. The van der Waals surface area contributed by atoms with Crippen LogP contribution >= 0.6 is 0 Å². The quantitative estimate of drug-likeness (QED) is 0.810. The molecule has 0 aromatic carbocycles. The first-order valence-corrected chi connectivity index (χ1v) is 8.96. The molecule has 1 amide bonds. The van der Waals surface area contributed by atoms with Gasteiger partial charge in [0, 0.05) is 17.1 Å². The van der Waals surface area contributed by atoms with Gasteiger partial charge < -0.3 is 15.6 Å². The summed E-state index contributed by atoms with van der Waals surface area (Å²) in [6.45, 7) is 11.3. The molecule has 0 bridgehead atoms. The van der Waals surface area contributed by atoms with Crippen molar-refractivity contribution in [3.8, 4) is 0 Å². The lowest BCUT2D eigenvalue weighted by Crippen LogP contribution is -2.62. The molecule has 2 heterocycles. The minimum Gasteiger partial charge on any atom is -0.784 e. The Bertz CT molecular complexity index is 547. The number of amides is 1. The average molecular weight is 336 g/mol. The lowest BCUT2D eigenvalue weighted by molar-refractivity contribution is -0.684. The molecular weight excluding hydrogens is 304 g/mol. The molecule has 136 valence electrons. The summed E-state index contributed by atoms with van der Waals surface area (Å²) in [4.78, 5) is 12.4. The molecule has 0 unspecified atom stereocenters. The number of carbonyl (C=O) groups excluding carboxylic acids is 1. The molecule has 0 saturated carbocycles. The minimum atomic E-state index is -0.462. The van der Waals surface area contributed by atoms with Crippen molar-refractivity contribution in [2.45, 2.75) is 90.5 Å². The van der Waals surface area contributed by atoms with E-state index in [-0.39, 0.29) is 11.9 Å². The number of carbonyl (C=O) groups is 1. The summed E-state index contributed by atoms with van der Waals surface area (Å²) in [5.41, 5.74) is -0.924. The number of aryl methyl sites for hydroxylation is 1. The number of unbranched alkanes of at least 4 members (excludes halogenated alkanes) is 1. The average Bonchev–Trinajstić information content (AvgIpc) is 2.89. The Morgan fingerprint density at radius 2 is 1.92 bits per heavy atom. The Balaban J connectivity index is 1.91. The van der Waals surface area contributed by atoms with Crippen molar-refractivity contribution in [3.05, 3.63) is 23.9 Å². The predicted molar refractivity (Wildman–Crippen MR) is 94.1 cm³/mol. The summed E-state index contributed by atoms with van der Waals surface area (Å²) in [5.74, 6) is 0.00388. The second-order valence-electron chi connectivity index (χ2n) is 8.27. The number of rotatable bonds is 6. The van der Waals surface area contributed by atoms with Crippen LogP contribution in [0.25, 0.3) is 0 Å². The molecule has 6 nitrogen and oxygen atoms in total. The Labute approximate surface area is 145 Å². The first kappa shape index (κ1) is 18.9. The molecule has 1 fully saturated rings. The lowest BCUT2D eigenvalue weighted by Gasteiger charge is -2.59. The van der Waals surface area contributed by atoms with Crippen LogP contribution in [0.2, 0.25) is 0 Å². The van der Waals surface area contributed by atoms with Crippen LogP contribution in [0, 0.1) is 5.21 Å². The maximum atomic E-state index is 12.4. The zero-order chi connectivity index (χ0) is 18.0. The van der Waals surface area contributed by atoms with Crippen molar-refractivity contribution in [2.24, 2.45) is 0 Å². The van der Waals surface area contributed by atoms with Gasteiger partial charge in [-0.15, -0.1) is 0 Å². The van der Waals surface area contributed by atoms with E-state index in [0.29, 0.717) is 19.4 Å². The van der Waals surface area contributed by atoms with E-state index in [1.165, 1.54) is 5.06 Å². The molecule has 1 saturated heterocycles. The third-order valence-electron chi connectivity index (χ3n) is 4.80. The van der Waals surface area contributed by atoms with Crippen molar-refractivity contribution < 1.29 is 9.36 Å². The first-order valence-electron chi connectivity index (χ1n) is 8.96. The number of hydrogen-bond donors (Lipinski definition) is 1. The van der Waals surface area contributed by atoms with Gasteiger partial charge in [-0.1, -0.05) is 13.3 Å². The van der Waals surface area contributed by atoms with E-state index in [4.69, 9.17) is 0 Å². The Kier molecular flexibility index (Phi) is 5.71. The van der Waals surface area contributed by atoms with Gasteiger partial charge in [0.1, 0.15) is 12.4 Å². The summed E-state index contributed by atoms with van der Waals surface area (Å²) in [6, 6.07) is 0.0375. The molecule has 1 aromatic heterocycles. The van der Waals surface area contributed by atoms with Gasteiger partial charge in [-0.2, -0.15) is 0 Å². The van der Waals surface area contributed by atoms with Crippen molar-refractivity contribution >= 4 is 5.91 Å². The topological polar surface area (TPSA) is 64.2 Å². The number of piperidine rings is 1. The van der Waals surface area contributed by atoms with Crippen LogP contribution in [-0.4, -0.2) is 32.7 Å². The summed E-state index contributed by atoms with van der Waals surface area (Å²) in [7, 11) is 0. The molecule has 1 aliphatic rings. The number of hydroxylamine groups is 2. The second-order valence-corrected chi connectivity index (χ2v) is 8.27. The smallest absolute Gasteiger partial charge is 0.262 e. The highest BCUT2D eigenvalue weighted by atomic mass is 16.5. The van der Waals surface area contributed by atoms with E-state index < -0.39 is 11.1 Å². The van der Waals surface area contributed by atoms with Crippen molar-refractivity contribution in [3.63, 3.8) is 0 Å². The molecule has 2 rings (SSSR count). The van der Waals surface area contributed by atoms with Crippen LogP contribution in [0.5, 0.6) is 0 Å². The van der Waals surface area contributed by atoms with Crippen LogP contribution in [-0.2, 0) is 17.9 Å². The fraction of sp³-hybridized carbons (Fsp3) is 0.778. The van der Waals surface area contributed by atoms with Gasteiger partial charge in [0.25, 0.3) is 5.91 Å². The highest BCUT2D eigenvalue weighted by Crippen LogP contribution is 2.37. The number of hydrogen-bond acceptors (Lipinski definition) is 3. The number of nitrogens with zero attached hydrogens (tertiary/aromatic N) is 3. The van der Waals surface area contributed by atoms with E-state index in [2.05, 4.69) is 16.8 Å². The molecule has 1 N–H and O–H groups in total. The zero-order valence-corrected chi connectivity index (χ0v) is 15.7. The summed E-state index contributed by atoms with van der Waals surface area (Å²) >= 11 is 0. The molecule has 24 heavy (non-hydrogen) atoms. The number of aromatic nitrogens is 2. The predicted octanol–water partition coefficient (Wildman–Crippen LogP) is 2.21. The van der Waals surface area contributed by atoms with Gasteiger partial charge in [-0.05, 0) is 47.0 Å². The van der Waals surface area contributed by atoms with E-state index in [0.717, 1.165) is 19.4 Å². The standard InChI is InChI=1S/C18H32N4O2/c1-6-7-8-20-9-10-21(14-20)13-16(23)19-15-11-17(2,3)22(24)18(4,5)12-15/h9-10,14-15H,6-8,11-13H2,1-5H3,(H,19,23). The van der Waals surface area contributed by atoms with E-state index in [9.17, 15) is 10.0 Å². The molecule has 6 heteroatoms. The molecule has 1 aromatic rings. The first-order chi connectivity index (χ1) is 11.1. The van der Waals surface area contributed by atoms with Crippen LogP contribution in [0.1, 0.15) is 60.3 Å².